The van der Waals surface area contributed by atoms with Gasteiger partial charge in [0.2, 0.25) is 5.96 Å². The van der Waals surface area contributed by atoms with Gasteiger partial charge in [0.05, 0.1) is 0 Å². The molecule has 0 bridgehead atoms. The van der Waals surface area contributed by atoms with E-state index in [2.05, 4.69) is 9.71 Å². The Hall–Kier alpha value is -1.93. The molecule has 22 heavy (non-hydrogen) atoms. The summed E-state index contributed by atoms with van der Waals surface area (Å²) in [5.74, 6) is -1.10. The number of guanidine groups is 1. The smallest absolute Gasteiger partial charge is 0.269 e. The summed E-state index contributed by atoms with van der Waals surface area (Å²) in [5.41, 5.74) is 12.0. The molecule has 2 rings (SSSR count). The van der Waals surface area contributed by atoms with Gasteiger partial charge in [0, 0.05) is 5.56 Å². The summed E-state index contributed by atoms with van der Waals surface area (Å²) in [5, 5.41) is 2.23. The average molecular weight is 324 g/mol. The van der Waals surface area contributed by atoms with Crippen molar-refractivity contribution in [3.63, 3.8) is 0 Å². The zero-order chi connectivity index (χ0) is 16.2. The van der Waals surface area contributed by atoms with E-state index in [1.807, 2.05) is 12.1 Å². The quantitative estimate of drug-likeness (QED) is 0.553. The third kappa shape index (κ3) is 4.28. The number of amides is 1. The molecule has 1 saturated carbocycles. The molecule has 0 unspecified atom stereocenters. The minimum Gasteiger partial charge on any atom is -0.369 e. The number of nitrogens with one attached hydrogen (secondary N) is 1. The van der Waals surface area contributed by atoms with Gasteiger partial charge >= 0.3 is 0 Å². The fraction of sp³-hybridized carbons (Fsp3) is 0.429. The molecular formula is C14H20N4O3S. The van der Waals surface area contributed by atoms with Gasteiger partial charge in [-0.15, -0.1) is 4.40 Å². The molecule has 0 radical (unpaired) electrons. The number of rotatable bonds is 4. The second-order valence-electron chi connectivity index (χ2n) is 5.28. The summed E-state index contributed by atoms with van der Waals surface area (Å²) in [7, 11) is -3.84. The first-order valence-electron chi connectivity index (χ1n) is 7.11. The Morgan fingerprint density at radius 1 is 1.23 bits per heavy atom. The maximum absolute atomic E-state index is 12.0. The third-order valence-corrected chi connectivity index (χ3v) is 4.59. The lowest BCUT2D eigenvalue weighted by molar-refractivity contribution is 0.0977. The molecule has 1 aromatic carbocycles. The number of benzene rings is 1. The van der Waals surface area contributed by atoms with Crippen LogP contribution in [0.2, 0.25) is 0 Å². The van der Waals surface area contributed by atoms with Crippen molar-refractivity contribution in [1.82, 2.24) is 5.32 Å². The van der Waals surface area contributed by atoms with Crippen LogP contribution in [0, 0.1) is 0 Å². The highest BCUT2D eigenvalue weighted by molar-refractivity contribution is 7.90. The molecule has 0 atom stereocenters. The van der Waals surface area contributed by atoms with Crippen LogP contribution in [0.4, 0.5) is 0 Å². The molecule has 0 saturated heterocycles. The number of carbonyl (C=O) groups is 1. The minimum absolute atomic E-state index is 0.394. The monoisotopic (exact) mass is 324 g/mol. The number of sulfonamides is 1. The number of hydrogen-bond donors (Lipinski definition) is 3. The van der Waals surface area contributed by atoms with Gasteiger partial charge in [-0.3, -0.25) is 10.1 Å². The van der Waals surface area contributed by atoms with Gasteiger partial charge in [0.25, 0.3) is 15.9 Å². The third-order valence-electron chi connectivity index (χ3n) is 3.69. The van der Waals surface area contributed by atoms with Gasteiger partial charge in [0.15, 0.2) is 0 Å². The molecule has 5 N–H and O–H groups in total. The Morgan fingerprint density at radius 2 is 1.82 bits per heavy atom. The van der Waals surface area contributed by atoms with Gasteiger partial charge in [0.1, 0.15) is 5.88 Å². The van der Waals surface area contributed by atoms with E-state index < -0.39 is 27.8 Å². The molecule has 1 aliphatic carbocycles. The number of nitrogens with two attached hydrogens (primary N) is 2. The van der Waals surface area contributed by atoms with E-state index in [0.29, 0.717) is 11.5 Å². The van der Waals surface area contributed by atoms with Crippen LogP contribution in [0.3, 0.4) is 0 Å². The summed E-state index contributed by atoms with van der Waals surface area (Å²) in [4.78, 5) is 12.0. The highest BCUT2D eigenvalue weighted by Gasteiger charge is 2.17. The van der Waals surface area contributed by atoms with Crippen LogP contribution in [0.15, 0.2) is 28.7 Å². The Morgan fingerprint density at radius 3 is 2.36 bits per heavy atom. The Labute approximate surface area is 129 Å². The van der Waals surface area contributed by atoms with Crippen molar-refractivity contribution in [3.05, 3.63) is 35.4 Å². The van der Waals surface area contributed by atoms with E-state index in [-0.39, 0.29) is 0 Å². The molecule has 0 heterocycles. The number of hydrogen-bond acceptors (Lipinski definition) is 4. The Bertz CT molecular complexity index is 662. The van der Waals surface area contributed by atoms with Crippen molar-refractivity contribution >= 4 is 21.9 Å². The number of nitrogens with zero attached hydrogens (tertiary/aromatic N) is 1. The second kappa shape index (κ2) is 6.89. The van der Waals surface area contributed by atoms with Crippen LogP contribution in [0.5, 0.6) is 0 Å². The van der Waals surface area contributed by atoms with Crippen molar-refractivity contribution in [1.29, 1.82) is 0 Å². The first kappa shape index (κ1) is 16.4. The van der Waals surface area contributed by atoms with Crippen molar-refractivity contribution in [2.75, 3.05) is 5.88 Å². The molecule has 120 valence electrons. The van der Waals surface area contributed by atoms with Gasteiger partial charge in [-0.1, -0.05) is 25.0 Å². The van der Waals surface area contributed by atoms with Crippen LogP contribution in [-0.4, -0.2) is 26.2 Å². The van der Waals surface area contributed by atoms with E-state index in [1.54, 1.807) is 12.1 Å². The minimum atomic E-state index is -3.84. The topological polar surface area (TPSA) is 128 Å². The molecular weight excluding hydrogens is 304 g/mol. The predicted molar refractivity (Wildman–Crippen MR) is 84.7 cm³/mol. The van der Waals surface area contributed by atoms with Crippen molar-refractivity contribution in [2.45, 2.75) is 31.6 Å². The van der Waals surface area contributed by atoms with E-state index in [9.17, 15) is 13.2 Å². The summed E-state index contributed by atoms with van der Waals surface area (Å²) in [6, 6.07) is 7.26. The average Bonchev–Trinajstić information content (AvgIpc) is 3.01. The first-order valence-corrected chi connectivity index (χ1v) is 8.71. The van der Waals surface area contributed by atoms with Crippen LogP contribution >= 0.6 is 0 Å². The molecule has 1 aliphatic rings. The van der Waals surface area contributed by atoms with E-state index in [1.165, 1.54) is 31.2 Å². The summed E-state index contributed by atoms with van der Waals surface area (Å²) in [6.45, 7) is 0. The molecule has 0 aromatic heterocycles. The van der Waals surface area contributed by atoms with Crippen LogP contribution in [0.25, 0.3) is 0 Å². The fourth-order valence-corrected chi connectivity index (χ4v) is 2.98. The molecule has 7 nitrogen and oxygen atoms in total. The van der Waals surface area contributed by atoms with Gasteiger partial charge in [-0.05, 0) is 36.5 Å². The molecule has 0 spiro atoms. The van der Waals surface area contributed by atoms with Crippen LogP contribution in [0.1, 0.15) is 47.5 Å². The van der Waals surface area contributed by atoms with Crippen molar-refractivity contribution < 1.29 is 13.2 Å². The zero-order valence-electron chi connectivity index (χ0n) is 12.2. The molecule has 1 aromatic rings. The molecule has 0 aliphatic heterocycles. The van der Waals surface area contributed by atoms with Crippen LogP contribution < -0.4 is 16.8 Å². The zero-order valence-corrected chi connectivity index (χ0v) is 13.0. The summed E-state index contributed by atoms with van der Waals surface area (Å²) < 4.78 is 25.5. The summed E-state index contributed by atoms with van der Waals surface area (Å²) >= 11 is 0. The Balaban J connectivity index is 2.03. The fourth-order valence-electron chi connectivity index (χ4n) is 2.56. The van der Waals surface area contributed by atoms with Crippen molar-refractivity contribution in [3.8, 4) is 0 Å². The maximum Gasteiger partial charge on any atom is 0.269 e. The van der Waals surface area contributed by atoms with Crippen molar-refractivity contribution in [2.24, 2.45) is 15.9 Å². The highest BCUT2D eigenvalue weighted by atomic mass is 32.2. The van der Waals surface area contributed by atoms with E-state index in [4.69, 9.17) is 11.5 Å². The lowest BCUT2D eigenvalue weighted by atomic mass is 9.96. The summed E-state index contributed by atoms with van der Waals surface area (Å²) in [6.07, 6.45) is 4.86. The van der Waals surface area contributed by atoms with Crippen LogP contribution in [-0.2, 0) is 10.0 Å². The highest BCUT2D eigenvalue weighted by Crippen LogP contribution is 2.33. The van der Waals surface area contributed by atoms with E-state index >= 15 is 0 Å². The SMILES string of the molecule is NCS(=O)(=O)N=C(N)NC(=O)c1ccc(C2CCCC2)cc1. The lowest BCUT2D eigenvalue weighted by Gasteiger charge is -2.10. The molecule has 1 fully saturated rings. The van der Waals surface area contributed by atoms with Gasteiger partial charge in [-0.2, -0.15) is 0 Å². The van der Waals surface area contributed by atoms with Gasteiger partial charge in [-0.25, -0.2) is 8.42 Å². The largest absolute Gasteiger partial charge is 0.369 e. The molecule has 1 amide bonds. The normalized spacial score (nSPS) is 16.7. The van der Waals surface area contributed by atoms with Gasteiger partial charge < -0.3 is 11.5 Å². The predicted octanol–water partition coefficient (Wildman–Crippen LogP) is 0.635. The number of carbonyl (C=O) groups excluding carboxylic acids is 1. The second-order valence-corrected chi connectivity index (χ2v) is 6.96. The maximum atomic E-state index is 12.0. The lowest BCUT2D eigenvalue weighted by Crippen LogP contribution is -2.37. The molecule has 8 heteroatoms. The van der Waals surface area contributed by atoms with E-state index in [0.717, 1.165) is 0 Å². The Kier molecular flexibility index (Phi) is 5.15. The first-order chi connectivity index (χ1) is 10.4. The standard InChI is InChI=1S/C14H20N4O3S/c15-9-22(20,21)18-14(16)17-13(19)12-7-5-11(6-8-12)10-3-1-2-4-10/h5-8,10H,1-4,9,15H2,(H3,16,17,18,19).